The minimum atomic E-state index is 1.10. The van der Waals surface area contributed by atoms with Crippen molar-refractivity contribution in [3.05, 3.63) is 47.5 Å². The van der Waals surface area contributed by atoms with E-state index in [1.807, 2.05) is 11.8 Å². The Balaban J connectivity index is 2.58. The summed E-state index contributed by atoms with van der Waals surface area (Å²) in [6, 6.07) is 13.2. The number of fused-ring (bicyclic) bond motifs is 1. The average molecular weight is 328 g/mol. The van der Waals surface area contributed by atoms with Gasteiger partial charge in [-0.05, 0) is 28.2 Å². The van der Waals surface area contributed by atoms with E-state index in [4.69, 9.17) is 0 Å². The van der Waals surface area contributed by atoms with Crippen LogP contribution >= 0.6 is 34.4 Å². The number of hydrogen-bond acceptors (Lipinski definition) is 1. The van der Waals surface area contributed by atoms with Crippen molar-refractivity contribution in [2.24, 2.45) is 0 Å². The van der Waals surface area contributed by atoms with Crippen LogP contribution in [0.1, 0.15) is 11.1 Å². The smallest absolute Gasteiger partial charge is 0.0250 e. The first-order valence-electron chi connectivity index (χ1n) is 4.90. The molecule has 0 aliphatic carbocycles. The Bertz CT molecular complexity index is 465. The molecule has 0 nitrogen and oxygen atoms in total. The summed E-state index contributed by atoms with van der Waals surface area (Å²) in [4.78, 5) is 0. The maximum Gasteiger partial charge on any atom is 0.0250 e. The molecule has 2 rings (SSSR count). The molecule has 0 fully saturated rings. The molecule has 0 radical (unpaired) electrons. The van der Waals surface area contributed by atoms with Gasteiger partial charge in [-0.2, -0.15) is 11.8 Å². The lowest BCUT2D eigenvalue weighted by Crippen LogP contribution is -1.89. The lowest BCUT2D eigenvalue weighted by molar-refractivity contribution is 1.32. The van der Waals surface area contributed by atoms with Crippen molar-refractivity contribution in [1.82, 2.24) is 0 Å². The normalized spacial score (nSPS) is 10.8. The summed E-state index contributed by atoms with van der Waals surface area (Å²) in [5.74, 6) is 1.11. The molecule has 78 valence electrons. The third kappa shape index (κ3) is 2.48. The lowest BCUT2D eigenvalue weighted by Gasteiger charge is -2.08. The standard InChI is InChI=1S/C13H13IS/c1-15-9-13-7-11-5-3-2-4-10(11)6-12(13)8-14/h2-7H,8-9H2,1H3. The molecule has 2 heteroatoms. The second-order valence-electron chi connectivity index (χ2n) is 3.53. The Kier molecular flexibility index (Phi) is 3.92. The fourth-order valence-corrected chi connectivity index (χ4v) is 3.04. The van der Waals surface area contributed by atoms with Gasteiger partial charge in [-0.15, -0.1) is 0 Å². The zero-order chi connectivity index (χ0) is 10.7. The molecule has 0 bridgehead atoms. The maximum absolute atomic E-state index is 2.44. The molecule has 15 heavy (non-hydrogen) atoms. The number of alkyl halides is 1. The second kappa shape index (κ2) is 5.21. The van der Waals surface area contributed by atoms with Gasteiger partial charge in [0, 0.05) is 10.2 Å². The molecule has 0 N–H and O–H groups in total. The quantitative estimate of drug-likeness (QED) is 0.584. The Morgan fingerprint density at radius 1 is 1.07 bits per heavy atom. The number of thioether (sulfide) groups is 1. The van der Waals surface area contributed by atoms with Crippen molar-refractivity contribution in [3.8, 4) is 0 Å². The Morgan fingerprint density at radius 3 is 2.20 bits per heavy atom. The molecule has 0 aliphatic heterocycles. The molecule has 0 saturated carbocycles. The summed E-state index contributed by atoms with van der Waals surface area (Å²) in [5, 5.41) is 2.71. The number of hydrogen-bond donors (Lipinski definition) is 0. The molecule has 2 aromatic carbocycles. The highest BCUT2D eigenvalue weighted by Crippen LogP contribution is 2.24. The van der Waals surface area contributed by atoms with Gasteiger partial charge >= 0.3 is 0 Å². The van der Waals surface area contributed by atoms with Crippen molar-refractivity contribution in [3.63, 3.8) is 0 Å². The van der Waals surface area contributed by atoms with Crippen LogP contribution in [0.25, 0.3) is 10.8 Å². The van der Waals surface area contributed by atoms with Crippen LogP contribution in [0.3, 0.4) is 0 Å². The monoisotopic (exact) mass is 328 g/mol. The van der Waals surface area contributed by atoms with Crippen LogP contribution in [-0.2, 0) is 10.2 Å². The first-order chi connectivity index (χ1) is 7.35. The van der Waals surface area contributed by atoms with E-state index in [1.165, 1.54) is 21.9 Å². The van der Waals surface area contributed by atoms with E-state index in [2.05, 4.69) is 65.2 Å². The highest BCUT2D eigenvalue weighted by Gasteiger charge is 2.03. The van der Waals surface area contributed by atoms with Crippen molar-refractivity contribution >= 4 is 45.1 Å². The van der Waals surface area contributed by atoms with Crippen LogP contribution < -0.4 is 0 Å². The van der Waals surface area contributed by atoms with Gasteiger partial charge in [-0.1, -0.05) is 59.0 Å². The molecule has 0 saturated heterocycles. The van der Waals surface area contributed by atoms with Crippen molar-refractivity contribution < 1.29 is 0 Å². The minimum absolute atomic E-state index is 1.10. The van der Waals surface area contributed by atoms with Gasteiger partial charge in [-0.3, -0.25) is 0 Å². The number of rotatable bonds is 3. The summed E-state index contributed by atoms with van der Waals surface area (Å²) in [6.45, 7) is 0. The summed E-state index contributed by atoms with van der Waals surface area (Å²) in [5.41, 5.74) is 2.96. The van der Waals surface area contributed by atoms with Gasteiger partial charge in [0.25, 0.3) is 0 Å². The number of halogens is 1. The van der Waals surface area contributed by atoms with E-state index in [0.29, 0.717) is 0 Å². The molecule has 0 heterocycles. The third-order valence-electron chi connectivity index (χ3n) is 2.51. The first kappa shape index (κ1) is 11.3. The third-order valence-corrected chi connectivity index (χ3v) is 3.93. The Labute approximate surface area is 109 Å². The molecular weight excluding hydrogens is 315 g/mol. The van der Waals surface area contributed by atoms with Crippen molar-refractivity contribution in [2.45, 2.75) is 10.2 Å². The van der Waals surface area contributed by atoms with Gasteiger partial charge in [0.1, 0.15) is 0 Å². The van der Waals surface area contributed by atoms with Gasteiger partial charge in [0.05, 0.1) is 0 Å². The average Bonchev–Trinajstić information content (AvgIpc) is 2.28. The number of benzene rings is 2. The molecule has 0 spiro atoms. The molecule has 0 amide bonds. The molecule has 0 aliphatic rings. The van der Waals surface area contributed by atoms with Gasteiger partial charge in [-0.25, -0.2) is 0 Å². The highest BCUT2D eigenvalue weighted by molar-refractivity contribution is 14.1. The van der Waals surface area contributed by atoms with E-state index in [1.54, 1.807) is 0 Å². The summed E-state index contributed by atoms with van der Waals surface area (Å²) >= 11 is 4.33. The molecule has 2 aromatic rings. The predicted octanol–water partition coefficient (Wildman–Crippen LogP) is 4.64. The van der Waals surface area contributed by atoms with Crippen LogP contribution in [0.2, 0.25) is 0 Å². The zero-order valence-electron chi connectivity index (χ0n) is 8.66. The molecular formula is C13H13IS. The summed E-state index contributed by atoms with van der Waals surface area (Å²) < 4.78 is 1.10. The molecule has 0 atom stereocenters. The molecule has 0 aromatic heterocycles. The van der Waals surface area contributed by atoms with Crippen LogP contribution in [0.15, 0.2) is 36.4 Å². The topological polar surface area (TPSA) is 0 Å². The largest absolute Gasteiger partial charge is 0.161 e. The summed E-state index contributed by atoms with van der Waals surface area (Å²) in [6.07, 6.45) is 2.16. The fraction of sp³-hybridized carbons (Fsp3) is 0.231. The lowest BCUT2D eigenvalue weighted by atomic mass is 10.0. The maximum atomic E-state index is 2.44. The summed E-state index contributed by atoms with van der Waals surface area (Å²) in [7, 11) is 0. The van der Waals surface area contributed by atoms with Crippen LogP contribution in [0.5, 0.6) is 0 Å². The zero-order valence-corrected chi connectivity index (χ0v) is 11.6. The molecule has 0 unspecified atom stereocenters. The van der Waals surface area contributed by atoms with Crippen LogP contribution in [-0.4, -0.2) is 6.26 Å². The van der Waals surface area contributed by atoms with Crippen molar-refractivity contribution in [2.75, 3.05) is 6.26 Å². The van der Waals surface area contributed by atoms with E-state index in [-0.39, 0.29) is 0 Å². The van der Waals surface area contributed by atoms with E-state index in [9.17, 15) is 0 Å². The highest BCUT2D eigenvalue weighted by atomic mass is 127. The van der Waals surface area contributed by atoms with Crippen LogP contribution in [0, 0.1) is 0 Å². The second-order valence-corrected chi connectivity index (χ2v) is 5.16. The van der Waals surface area contributed by atoms with Gasteiger partial charge < -0.3 is 0 Å². The Morgan fingerprint density at radius 2 is 1.67 bits per heavy atom. The fourth-order valence-electron chi connectivity index (χ4n) is 1.75. The van der Waals surface area contributed by atoms with Gasteiger partial charge in [0.15, 0.2) is 0 Å². The predicted molar refractivity (Wildman–Crippen MR) is 78.9 cm³/mol. The van der Waals surface area contributed by atoms with E-state index in [0.717, 1.165) is 10.2 Å². The Hall–Kier alpha value is -0.220. The van der Waals surface area contributed by atoms with E-state index >= 15 is 0 Å². The SMILES string of the molecule is CSCc1cc2ccccc2cc1CI. The first-order valence-corrected chi connectivity index (χ1v) is 7.82. The van der Waals surface area contributed by atoms with Gasteiger partial charge in [0.2, 0.25) is 0 Å². The van der Waals surface area contributed by atoms with Crippen molar-refractivity contribution in [1.29, 1.82) is 0 Å². The van der Waals surface area contributed by atoms with E-state index < -0.39 is 0 Å². The van der Waals surface area contributed by atoms with Crippen LogP contribution in [0.4, 0.5) is 0 Å². The minimum Gasteiger partial charge on any atom is -0.161 e.